The molecule has 1 aliphatic heterocycles. The summed E-state index contributed by atoms with van der Waals surface area (Å²) in [6, 6.07) is 5.50. The summed E-state index contributed by atoms with van der Waals surface area (Å²) >= 11 is 0. The number of nitrogens with two attached hydrogens (primary N) is 1. The van der Waals surface area contributed by atoms with E-state index in [-0.39, 0.29) is 5.91 Å². The van der Waals surface area contributed by atoms with Crippen LogP contribution in [0.1, 0.15) is 55.3 Å². The van der Waals surface area contributed by atoms with E-state index in [0.717, 1.165) is 44.5 Å². The number of ether oxygens (including phenoxy) is 1. The normalized spacial score (nSPS) is 19.7. The Bertz CT molecular complexity index is 504. The summed E-state index contributed by atoms with van der Waals surface area (Å²) in [6.07, 6.45) is 8.43. The largest absolute Gasteiger partial charge is 0.490 e. The smallest absolute Gasteiger partial charge is 0.255 e. The number of likely N-dealkylation sites (tertiary alicyclic amines) is 1. The van der Waals surface area contributed by atoms with Gasteiger partial charge in [-0.3, -0.25) is 4.79 Å². The third kappa shape index (κ3) is 3.31. The summed E-state index contributed by atoms with van der Waals surface area (Å²) in [5.74, 6) is 0.842. The number of hydrogen-bond donors (Lipinski definition) is 1. The van der Waals surface area contributed by atoms with Gasteiger partial charge in [0.2, 0.25) is 0 Å². The molecule has 1 aromatic carbocycles. The Labute approximate surface area is 126 Å². The maximum atomic E-state index is 12.5. The first-order valence-corrected chi connectivity index (χ1v) is 8.09. The molecule has 4 nitrogen and oxygen atoms in total. The summed E-state index contributed by atoms with van der Waals surface area (Å²) in [4.78, 5) is 14.4. The lowest BCUT2D eigenvalue weighted by Crippen LogP contribution is -2.35. The number of benzene rings is 1. The molecule has 21 heavy (non-hydrogen) atoms. The highest BCUT2D eigenvalue weighted by atomic mass is 16.5. The maximum Gasteiger partial charge on any atom is 0.255 e. The van der Waals surface area contributed by atoms with Crippen molar-refractivity contribution in [3.05, 3.63) is 23.8 Å². The number of carbonyl (C=O) groups excluding carboxylic acids is 1. The van der Waals surface area contributed by atoms with Crippen LogP contribution in [-0.4, -0.2) is 30.0 Å². The highest BCUT2D eigenvalue weighted by Gasteiger charge is 2.21. The molecule has 2 N–H and O–H groups in total. The van der Waals surface area contributed by atoms with Crippen molar-refractivity contribution in [2.75, 3.05) is 18.8 Å². The van der Waals surface area contributed by atoms with Crippen LogP contribution in [0.3, 0.4) is 0 Å². The second-order valence-corrected chi connectivity index (χ2v) is 6.13. The van der Waals surface area contributed by atoms with Crippen molar-refractivity contribution in [1.29, 1.82) is 0 Å². The van der Waals surface area contributed by atoms with Crippen LogP contribution in [0.15, 0.2) is 18.2 Å². The second kappa shape index (κ2) is 6.37. The molecule has 1 aromatic rings. The topological polar surface area (TPSA) is 55.6 Å². The lowest BCUT2D eigenvalue weighted by atomic mass is 10.1. The van der Waals surface area contributed by atoms with Crippen LogP contribution in [0.25, 0.3) is 0 Å². The van der Waals surface area contributed by atoms with Crippen LogP contribution in [0.5, 0.6) is 5.75 Å². The summed E-state index contributed by atoms with van der Waals surface area (Å²) in [5.41, 5.74) is 7.21. The van der Waals surface area contributed by atoms with Gasteiger partial charge in [-0.2, -0.15) is 0 Å². The van der Waals surface area contributed by atoms with Crippen LogP contribution in [-0.2, 0) is 0 Å². The van der Waals surface area contributed by atoms with E-state index in [1.165, 1.54) is 19.3 Å². The van der Waals surface area contributed by atoms with E-state index in [0.29, 0.717) is 17.4 Å². The number of anilines is 1. The Morgan fingerprint density at radius 3 is 2.48 bits per heavy atom. The van der Waals surface area contributed by atoms with Crippen molar-refractivity contribution in [1.82, 2.24) is 4.90 Å². The van der Waals surface area contributed by atoms with E-state index in [1.54, 1.807) is 6.07 Å². The van der Waals surface area contributed by atoms with Crippen molar-refractivity contribution < 1.29 is 9.53 Å². The van der Waals surface area contributed by atoms with Crippen molar-refractivity contribution >= 4 is 11.6 Å². The maximum absolute atomic E-state index is 12.5. The van der Waals surface area contributed by atoms with E-state index in [4.69, 9.17) is 10.5 Å². The van der Waals surface area contributed by atoms with Gasteiger partial charge in [-0.05, 0) is 57.1 Å². The Hall–Kier alpha value is -1.71. The van der Waals surface area contributed by atoms with Gasteiger partial charge >= 0.3 is 0 Å². The minimum atomic E-state index is 0.0552. The average Bonchev–Trinajstić information content (AvgIpc) is 3.01. The van der Waals surface area contributed by atoms with Crippen molar-refractivity contribution in [2.24, 2.45) is 0 Å². The lowest BCUT2D eigenvalue weighted by molar-refractivity contribution is 0.0725. The summed E-state index contributed by atoms with van der Waals surface area (Å²) < 4.78 is 5.93. The minimum absolute atomic E-state index is 0.0552. The first-order valence-electron chi connectivity index (χ1n) is 8.09. The molecular formula is C17H24N2O2. The molecule has 0 aromatic heterocycles. The van der Waals surface area contributed by atoms with Gasteiger partial charge in [0, 0.05) is 24.8 Å². The zero-order chi connectivity index (χ0) is 14.7. The van der Waals surface area contributed by atoms with Crippen molar-refractivity contribution in [2.45, 2.75) is 51.0 Å². The number of piperidine rings is 1. The van der Waals surface area contributed by atoms with Gasteiger partial charge in [0.25, 0.3) is 5.91 Å². The Morgan fingerprint density at radius 1 is 1.10 bits per heavy atom. The van der Waals surface area contributed by atoms with Crippen LogP contribution in [0, 0.1) is 0 Å². The molecule has 1 amide bonds. The Kier molecular flexibility index (Phi) is 4.32. The van der Waals surface area contributed by atoms with Gasteiger partial charge < -0.3 is 15.4 Å². The SMILES string of the molecule is Nc1cc(OC2CCCC2)ccc1C(=O)N1CCCCC1. The van der Waals surface area contributed by atoms with Crippen molar-refractivity contribution in [3.8, 4) is 5.75 Å². The fraction of sp³-hybridized carbons (Fsp3) is 0.588. The first-order chi connectivity index (χ1) is 10.2. The van der Waals surface area contributed by atoms with Gasteiger partial charge in [-0.25, -0.2) is 0 Å². The molecule has 0 unspecified atom stereocenters. The molecule has 1 heterocycles. The van der Waals surface area contributed by atoms with E-state index in [2.05, 4.69) is 0 Å². The van der Waals surface area contributed by atoms with Crippen LogP contribution >= 0.6 is 0 Å². The summed E-state index contributed by atoms with van der Waals surface area (Å²) in [7, 11) is 0. The van der Waals surface area contributed by atoms with E-state index >= 15 is 0 Å². The fourth-order valence-corrected chi connectivity index (χ4v) is 3.27. The third-order valence-electron chi connectivity index (χ3n) is 4.50. The standard InChI is InChI=1S/C17H24N2O2/c18-16-12-14(21-13-6-2-3-7-13)8-9-15(16)17(20)19-10-4-1-5-11-19/h8-9,12-13H,1-7,10-11,18H2. The van der Waals surface area contributed by atoms with Crippen molar-refractivity contribution in [3.63, 3.8) is 0 Å². The van der Waals surface area contributed by atoms with Gasteiger partial charge in [0.1, 0.15) is 5.75 Å². The number of amides is 1. The highest BCUT2D eigenvalue weighted by molar-refractivity contribution is 5.99. The Balaban J connectivity index is 1.69. The molecule has 0 spiro atoms. The van der Waals surface area contributed by atoms with Crippen LogP contribution in [0.4, 0.5) is 5.69 Å². The quantitative estimate of drug-likeness (QED) is 0.869. The molecule has 1 saturated heterocycles. The predicted molar refractivity (Wildman–Crippen MR) is 83.5 cm³/mol. The number of carbonyl (C=O) groups is 1. The molecule has 2 fully saturated rings. The number of rotatable bonds is 3. The minimum Gasteiger partial charge on any atom is -0.490 e. The Morgan fingerprint density at radius 2 is 1.81 bits per heavy atom. The predicted octanol–water partition coefficient (Wildman–Crippen LogP) is 3.22. The second-order valence-electron chi connectivity index (χ2n) is 6.13. The lowest BCUT2D eigenvalue weighted by Gasteiger charge is -2.27. The van der Waals surface area contributed by atoms with Crippen LogP contribution < -0.4 is 10.5 Å². The zero-order valence-corrected chi connectivity index (χ0v) is 12.5. The van der Waals surface area contributed by atoms with Crippen LogP contribution in [0.2, 0.25) is 0 Å². The molecule has 1 saturated carbocycles. The van der Waals surface area contributed by atoms with Gasteiger partial charge in [0.15, 0.2) is 0 Å². The highest BCUT2D eigenvalue weighted by Crippen LogP contribution is 2.27. The van der Waals surface area contributed by atoms with E-state index in [1.807, 2.05) is 17.0 Å². The molecule has 0 bridgehead atoms. The fourth-order valence-electron chi connectivity index (χ4n) is 3.27. The number of hydrogen-bond acceptors (Lipinski definition) is 3. The molecular weight excluding hydrogens is 264 g/mol. The van der Waals surface area contributed by atoms with E-state index in [9.17, 15) is 4.79 Å². The summed E-state index contributed by atoms with van der Waals surface area (Å²) in [6.45, 7) is 1.69. The number of nitrogen functional groups attached to an aromatic ring is 1. The molecule has 3 rings (SSSR count). The number of nitrogens with zero attached hydrogens (tertiary/aromatic N) is 1. The van der Waals surface area contributed by atoms with E-state index < -0.39 is 0 Å². The molecule has 0 atom stereocenters. The molecule has 114 valence electrons. The summed E-state index contributed by atoms with van der Waals surface area (Å²) in [5, 5.41) is 0. The molecule has 1 aliphatic carbocycles. The third-order valence-corrected chi connectivity index (χ3v) is 4.50. The first kappa shape index (κ1) is 14.2. The monoisotopic (exact) mass is 288 g/mol. The molecule has 4 heteroatoms. The van der Waals surface area contributed by atoms with Gasteiger partial charge in [-0.15, -0.1) is 0 Å². The van der Waals surface area contributed by atoms with Gasteiger partial charge in [-0.1, -0.05) is 0 Å². The average molecular weight is 288 g/mol. The van der Waals surface area contributed by atoms with Gasteiger partial charge in [0.05, 0.1) is 11.7 Å². The molecule has 0 radical (unpaired) electrons. The molecule has 2 aliphatic rings. The zero-order valence-electron chi connectivity index (χ0n) is 12.5.